The van der Waals surface area contributed by atoms with Crippen molar-refractivity contribution >= 4 is 23.4 Å². The Hall–Kier alpha value is -1.24. The molecule has 0 spiro atoms. The Kier molecular flexibility index (Phi) is 5.28. The molecule has 0 aliphatic carbocycles. The van der Waals surface area contributed by atoms with Gasteiger partial charge in [0.05, 0.1) is 5.02 Å². The summed E-state index contributed by atoms with van der Waals surface area (Å²) in [5.74, 6) is 0. The molecule has 7 heteroatoms. The zero-order valence-electron chi connectivity index (χ0n) is 11.4. The molecule has 2 aromatic rings. The Labute approximate surface area is 126 Å². The van der Waals surface area contributed by atoms with E-state index in [4.69, 9.17) is 11.6 Å². The number of hydrogen-bond donors (Lipinski definition) is 2. The smallest absolute Gasteiger partial charge is 0.313 e. The van der Waals surface area contributed by atoms with Crippen molar-refractivity contribution in [1.82, 2.24) is 20.1 Å². The minimum atomic E-state index is -0.199. The number of hydrogen-bond acceptors (Lipinski definition) is 4. The van der Waals surface area contributed by atoms with Gasteiger partial charge in [-0.15, -0.1) is 5.10 Å². The lowest BCUT2D eigenvalue weighted by atomic mass is 10.2. The molecule has 2 rings (SSSR count). The van der Waals surface area contributed by atoms with E-state index in [2.05, 4.69) is 22.4 Å². The van der Waals surface area contributed by atoms with E-state index < -0.39 is 0 Å². The Morgan fingerprint density at radius 3 is 2.90 bits per heavy atom. The molecule has 0 unspecified atom stereocenters. The summed E-state index contributed by atoms with van der Waals surface area (Å²) in [5, 5.41) is 11.0. The van der Waals surface area contributed by atoms with Crippen LogP contribution in [0.4, 0.5) is 0 Å². The van der Waals surface area contributed by atoms with Crippen molar-refractivity contribution in [3.8, 4) is 0 Å². The molecule has 1 aromatic heterocycles. The van der Waals surface area contributed by atoms with Crippen molar-refractivity contribution in [2.75, 3.05) is 6.54 Å². The standard InChI is InChI=1S/C13H17ClN4OS/c1-3-15-8-9-5-6-11(10(14)7-9)20-13-17-16-12(19)18(13)4-2/h5-7,15H,3-4,8H2,1-2H3,(H,16,19). The number of rotatable bonds is 6. The highest BCUT2D eigenvalue weighted by atomic mass is 35.5. The molecule has 0 amide bonds. The van der Waals surface area contributed by atoms with Crippen molar-refractivity contribution in [2.24, 2.45) is 0 Å². The second-order valence-electron chi connectivity index (χ2n) is 4.20. The van der Waals surface area contributed by atoms with Gasteiger partial charge in [0.1, 0.15) is 0 Å². The highest BCUT2D eigenvalue weighted by molar-refractivity contribution is 7.99. The fourth-order valence-corrected chi connectivity index (χ4v) is 2.99. The normalized spacial score (nSPS) is 10.9. The molecule has 1 heterocycles. The Balaban J connectivity index is 2.19. The topological polar surface area (TPSA) is 62.7 Å². The maximum absolute atomic E-state index is 11.5. The number of halogens is 1. The molecule has 0 atom stereocenters. The van der Waals surface area contributed by atoms with Crippen LogP contribution in [-0.2, 0) is 13.1 Å². The summed E-state index contributed by atoms with van der Waals surface area (Å²) < 4.78 is 1.58. The van der Waals surface area contributed by atoms with Gasteiger partial charge in [-0.25, -0.2) is 9.89 Å². The van der Waals surface area contributed by atoms with E-state index in [9.17, 15) is 4.79 Å². The molecule has 1 aromatic carbocycles. The fourth-order valence-electron chi connectivity index (χ4n) is 1.76. The average molecular weight is 313 g/mol. The molecule has 0 saturated heterocycles. The first-order valence-electron chi connectivity index (χ1n) is 6.47. The molecule has 0 fully saturated rings. The number of nitrogens with one attached hydrogen (secondary N) is 2. The maximum Gasteiger partial charge on any atom is 0.343 e. The lowest BCUT2D eigenvalue weighted by Crippen LogP contribution is -2.16. The second kappa shape index (κ2) is 6.97. The van der Waals surface area contributed by atoms with Crippen LogP contribution in [0.25, 0.3) is 0 Å². The van der Waals surface area contributed by atoms with E-state index in [-0.39, 0.29) is 5.69 Å². The summed E-state index contributed by atoms with van der Waals surface area (Å²) in [7, 11) is 0. The van der Waals surface area contributed by atoms with Crippen molar-refractivity contribution in [2.45, 2.75) is 37.0 Å². The zero-order chi connectivity index (χ0) is 14.5. The predicted octanol–water partition coefficient (Wildman–Crippen LogP) is 2.51. The van der Waals surface area contributed by atoms with Crippen LogP contribution in [0, 0.1) is 0 Å². The van der Waals surface area contributed by atoms with E-state index in [0.717, 1.165) is 23.5 Å². The largest absolute Gasteiger partial charge is 0.343 e. The fraction of sp³-hybridized carbons (Fsp3) is 0.385. The van der Waals surface area contributed by atoms with Crippen molar-refractivity contribution in [3.05, 3.63) is 39.3 Å². The van der Waals surface area contributed by atoms with Crippen LogP contribution in [0.2, 0.25) is 5.02 Å². The molecule has 0 bridgehead atoms. The van der Waals surface area contributed by atoms with Crippen LogP contribution in [0.1, 0.15) is 19.4 Å². The van der Waals surface area contributed by atoms with Crippen LogP contribution in [0.15, 0.2) is 33.0 Å². The summed E-state index contributed by atoms with van der Waals surface area (Å²) in [6.45, 7) is 6.26. The molecule has 5 nitrogen and oxygen atoms in total. The summed E-state index contributed by atoms with van der Waals surface area (Å²) in [4.78, 5) is 12.4. The Bertz CT molecular complexity index is 638. The van der Waals surface area contributed by atoms with Crippen molar-refractivity contribution in [3.63, 3.8) is 0 Å². The minimum absolute atomic E-state index is 0.199. The number of aromatic nitrogens is 3. The van der Waals surface area contributed by atoms with Crippen molar-refractivity contribution < 1.29 is 0 Å². The van der Waals surface area contributed by atoms with Gasteiger partial charge in [0.2, 0.25) is 0 Å². The van der Waals surface area contributed by atoms with Crippen LogP contribution in [0.3, 0.4) is 0 Å². The number of nitrogens with zero attached hydrogens (tertiary/aromatic N) is 2. The van der Waals surface area contributed by atoms with Gasteiger partial charge in [-0.1, -0.05) is 24.6 Å². The number of aromatic amines is 1. The first kappa shape index (κ1) is 15.2. The highest BCUT2D eigenvalue weighted by Gasteiger charge is 2.11. The SMILES string of the molecule is CCNCc1ccc(Sc2n[nH]c(=O)n2CC)c(Cl)c1. The minimum Gasteiger partial charge on any atom is -0.313 e. The Morgan fingerprint density at radius 1 is 1.45 bits per heavy atom. The van der Waals surface area contributed by atoms with Crippen molar-refractivity contribution in [1.29, 1.82) is 0 Å². The highest BCUT2D eigenvalue weighted by Crippen LogP contribution is 2.32. The summed E-state index contributed by atoms with van der Waals surface area (Å²) in [6.07, 6.45) is 0. The van der Waals surface area contributed by atoms with Gasteiger partial charge < -0.3 is 5.32 Å². The van der Waals surface area contributed by atoms with E-state index in [1.165, 1.54) is 11.8 Å². The van der Waals surface area contributed by atoms with Crippen LogP contribution < -0.4 is 11.0 Å². The van der Waals surface area contributed by atoms with Gasteiger partial charge in [-0.3, -0.25) is 4.57 Å². The molecular weight excluding hydrogens is 296 g/mol. The van der Waals surface area contributed by atoms with E-state index >= 15 is 0 Å². The molecule has 20 heavy (non-hydrogen) atoms. The first-order chi connectivity index (χ1) is 9.65. The van der Waals surface area contributed by atoms with Gasteiger partial charge in [0, 0.05) is 18.0 Å². The van der Waals surface area contributed by atoms with Gasteiger partial charge >= 0.3 is 5.69 Å². The maximum atomic E-state index is 11.5. The third kappa shape index (κ3) is 3.45. The molecule has 2 N–H and O–H groups in total. The number of H-pyrrole nitrogens is 1. The predicted molar refractivity (Wildman–Crippen MR) is 81.5 cm³/mol. The van der Waals surface area contributed by atoms with Gasteiger partial charge in [0.15, 0.2) is 5.16 Å². The zero-order valence-corrected chi connectivity index (χ0v) is 13.0. The monoisotopic (exact) mass is 312 g/mol. The summed E-state index contributed by atoms with van der Waals surface area (Å²) in [6, 6.07) is 5.92. The third-order valence-electron chi connectivity index (χ3n) is 2.82. The molecule has 0 saturated carbocycles. The lowest BCUT2D eigenvalue weighted by Gasteiger charge is -2.07. The van der Waals surface area contributed by atoms with E-state index in [1.807, 2.05) is 25.1 Å². The van der Waals surface area contributed by atoms with E-state index in [1.54, 1.807) is 4.57 Å². The quantitative estimate of drug-likeness (QED) is 0.860. The molecule has 108 valence electrons. The summed E-state index contributed by atoms with van der Waals surface area (Å²) in [5.41, 5.74) is 0.936. The van der Waals surface area contributed by atoms with Crippen LogP contribution in [-0.4, -0.2) is 21.3 Å². The van der Waals surface area contributed by atoms with Gasteiger partial charge in [0.25, 0.3) is 0 Å². The van der Waals surface area contributed by atoms with Crippen LogP contribution in [0.5, 0.6) is 0 Å². The molecule has 0 aliphatic rings. The molecular formula is C13H17ClN4OS. The third-order valence-corrected chi connectivity index (χ3v) is 4.31. The van der Waals surface area contributed by atoms with Gasteiger partial charge in [-0.2, -0.15) is 0 Å². The van der Waals surface area contributed by atoms with Crippen LogP contribution >= 0.6 is 23.4 Å². The lowest BCUT2D eigenvalue weighted by molar-refractivity contribution is 0.660. The molecule has 0 radical (unpaired) electrons. The summed E-state index contributed by atoms with van der Waals surface area (Å²) >= 11 is 7.67. The Morgan fingerprint density at radius 2 is 2.25 bits per heavy atom. The molecule has 0 aliphatic heterocycles. The van der Waals surface area contributed by atoms with E-state index in [0.29, 0.717) is 16.7 Å². The number of benzene rings is 1. The van der Waals surface area contributed by atoms with Gasteiger partial charge in [-0.05, 0) is 42.9 Å². The second-order valence-corrected chi connectivity index (χ2v) is 5.62. The first-order valence-corrected chi connectivity index (χ1v) is 7.67. The average Bonchev–Trinajstić information content (AvgIpc) is 2.79.